The fourth-order valence-corrected chi connectivity index (χ4v) is 3.78. The van der Waals surface area contributed by atoms with Crippen LogP contribution in [0.1, 0.15) is 33.7 Å². The Balaban J connectivity index is 1.81. The summed E-state index contributed by atoms with van der Waals surface area (Å²) in [6.07, 6.45) is 0.316. The second kappa shape index (κ2) is 8.59. The maximum atomic E-state index is 13.0. The zero-order chi connectivity index (χ0) is 22.0. The number of aromatic amines is 1. The zero-order valence-corrected chi connectivity index (χ0v) is 17.0. The van der Waals surface area contributed by atoms with Gasteiger partial charge in [0.2, 0.25) is 0 Å². The predicted octanol–water partition coefficient (Wildman–Crippen LogP) is 2.91. The first kappa shape index (κ1) is 20.6. The number of nitrogens with one attached hydrogen (secondary N) is 3. The van der Waals surface area contributed by atoms with E-state index >= 15 is 0 Å². The highest BCUT2D eigenvalue weighted by Crippen LogP contribution is 2.36. The van der Waals surface area contributed by atoms with Gasteiger partial charge in [0.15, 0.2) is 6.29 Å². The van der Waals surface area contributed by atoms with Crippen molar-refractivity contribution in [2.75, 3.05) is 11.9 Å². The van der Waals surface area contributed by atoms with Gasteiger partial charge in [-0.05, 0) is 24.6 Å². The molecule has 5 N–H and O–H groups in total. The number of amides is 2. The number of H-pyrrole nitrogens is 1. The van der Waals surface area contributed by atoms with Crippen molar-refractivity contribution < 1.29 is 19.8 Å². The number of aliphatic hydroxyl groups is 2. The molecule has 0 fully saturated rings. The largest absolute Gasteiger partial charge is 0.368 e. The second-order valence-corrected chi connectivity index (χ2v) is 7.36. The van der Waals surface area contributed by atoms with Crippen LogP contribution in [0.25, 0.3) is 22.8 Å². The molecule has 0 spiro atoms. The molecule has 158 valence electrons. The van der Waals surface area contributed by atoms with Gasteiger partial charge in [0.1, 0.15) is 0 Å². The molecule has 7 heteroatoms. The monoisotopic (exact) mass is 417 g/mol. The Bertz CT molecular complexity index is 1160. The van der Waals surface area contributed by atoms with Gasteiger partial charge in [-0.3, -0.25) is 9.59 Å². The molecule has 2 amide bonds. The number of hydrogen-bond donors (Lipinski definition) is 5. The van der Waals surface area contributed by atoms with Gasteiger partial charge in [-0.25, -0.2) is 0 Å². The summed E-state index contributed by atoms with van der Waals surface area (Å²) in [4.78, 5) is 28.8. The van der Waals surface area contributed by atoms with Gasteiger partial charge < -0.3 is 25.8 Å². The van der Waals surface area contributed by atoms with Crippen molar-refractivity contribution in [1.29, 1.82) is 0 Å². The average molecular weight is 417 g/mol. The SMILES string of the molecule is Cc1[nH]c(C=C2C(=O)Nc3ccccc32)c(-c2ccccc2)c1C(=O)NCCC(O)O. The fourth-order valence-electron chi connectivity index (χ4n) is 3.78. The lowest BCUT2D eigenvalue weighted by Gasteiger charge is -2.09. The van der Waals surface area contributed by atoms with Gasteiger partial charge in [-0.1, -0.05) is 48.5 Å². The molecule has 2 aromatic carbocycles. The summed E-state index contributed by atoms with van der Waals surface area (Å²) < 4.78 is 0. The molecular formula is C24H23N3O4. The number of para-hydroxylation sites is 1. The molecule has 0 radical (unpaired) electrons. The van der Waals surface area contributed by atoms with Crippen LogP contribution in [0.4, 0.5) is 5.69 Å². The molecule has 31 heavy (non-hydrogen) atoms. The van der Waals surface area contributed by atoms with Gasteiger partial charge in [0, 0.05) is 41.2 Å². The number of fused-ring (bicyclic) bond motifs is 1. The molecule has 0 aliphatic carbocycles. The van der Waals surface area contributed by atoms with E-state index in [9.17, 15) is 9.59 Å². The summed E-state index contributed by atoms with van der Waals surface area (Å²) in [5, 5.41) is 23.7. The Morgan fingerprint density at radius 3 is 2.55 bits per heavy atom. The quantitative estimate of drug-likeness (QED) is 0.313. The van der Waals surface area contributed by atoms with Crippen molar-refractivity contribution >= 4 is 29.2 Å². The van der Waals surface area contributed by atoms with Crippen molar-refractivity contribution in [3.05, 3.63) is 77.1 Å². The fraction of sp³-hybridized carbons (Fsp3) is 0.167. The topological polar surface area (TPSA) is 114 Å². The van der Waals surface area contributed by atoms with E-state index in [0.717, 1.165) is 16.8 Å². The molecule has 3 aromatic rings. The molecule has 0 saturated heterocycles. The first-order valence-corrected chi connectivity index (χ1v) is 10.0. The second-order valence-electron chi connectivity index (χ2n) is 7.36. The number of hydrogen-bond acceptors (Lipinski definition) is 4. The number of carbonyl (C=O) groups excluding carboxylic acids is 2. The Hall–Kier alpha value is -3.68. The molecule has 2 heterocycles. The summed E-state index contributed by atoms with van der Waals surface area (Å²) in [5.74, 6) is -0.524. The number of aliphatic hydroxyl groups excluding tert-OH is 1. The normalized spacial score (nSPS) is 14.1. The number of rotatable bonds is 6. The molecule has 4 rings (SSSR count). The lowest BCUT2D eigenvalue weighted by molar-refractivity contribution is -0.110. The van der Waals surface area contributed by atoms with Crippen LogP contribution in [-0.4, -0.2) is 39.8 Å². The molecule has 1 aliphatic rings. The summed E-state index contributed by atoms with van der Waals surface area (Å²) in [6, 6.07) is 16.9. The van der Waals surface area contributed by atoms with E-state index in [1.807, 2.05) is 54.6 Å². The third kappa shape index (κ3) is 4.14. The van der Waals surface area contributed by atoms with Gasteiger partial charge >= 0.3 is 0 Å². The van der Waals surface area contributed by atoms with Crippen LogP contribution in [-0.2, 0) is 4.79 Å². The van der Waals surface area contributed by atoms with Gasteiger partial charge in [-0.2, -0.15) is 0 Å². The first-order chi connectivity index (χ1) is 15.0. The Morgan fingerprint density at radius 1 is 1.10 bits per heavy atom. The van der Waals surface area contributed by atoms with Crippen LogP contribution in [0, 0.1) is 6.92 Å². The molecule has 7 nitrogen and oxygen atoms in total. The number of aromatic nitrogens is 1. The van der Waals surface area contributed by atoms with E-state index in [1.54, 1.807) is 13.0 Å². The highest BCUT2D eigenvalue weighted by molar-refractivity contribution is 6.35. The number of anilines is 1. The predicted molar refractivity (Wildman–Crippen MR) is 119 cm³/mol. The smallest absolute Gasteiger partial charge is 0.256 e. The molecule has 0 unspecified atom stereocenters. The van der Waals surface area contributed by atoms with Crippen LogP contribution in [0.5, 0.6) is 0 Å². The maximum absolute atomic E-state index is 13.0. The van der Waals surface area contributed by atoms with E-state index in [1.165, 1.54) is 0 Å². The van der Waals surface area contributed by atoms with Crippen LogP contribution in [0.3, 0.4) is 0 Å². The average Bonchev–Trinajstić information content (AvgIpc) is 3.24. The van der Waals surface area contributed by atoms with E-state index in [0.29, 0.717) is 28.1 Å². The van der Waals surface area contributed by atoms with Crippen molar-refractivity contribution in [1.82, 2.24) is 10.3 Å². The first-order valence-electron chi connectivity index (χ1n) is 10.0. The van der Waals surface area contributed by atoms with Crippen LogP contribution >= 0.6 is 0 Å². The van der Waals surface area contributed by atoms with E-state index in [-0.39, 0.29) is 24.8 Å². The number of carbonyl (C=O) groups is 2. The maximum Gasteiger partial charge on any atom is 0.256 e. The minimum Gasteiger partial charge on any atom is -0.368 e. The standard InChI is InChI=1S/C24H23N3O4/c1-14-21(24(31)25-12-11-20(28)29)22(15-7-3-2-4-8-15)19(26-14)13-17-16-9-5-6-10-18(16)27-23(17)30/h2-10,13,20,26,28-29H,11-12H2,1H3,(H,25,31)(H,27,30). The third-order valence-electron chi connectivity index (χ3n) is 5.19. The van der Waals surface area contributed by atoms with Crippen molar-refractivity contribution in [2.45, 2.75) is 19.6 Å². The van der Waals surface area contributed by atoms with E-state index in [2.05, 4.69) is 15.6 Å². The molecule has 1 aliphatic heterocycles. The number of aryl methyl sites for hydroxylation is 1. The summed E-state index contributed by atoms with van der Waals surface area (Å²) in [6.45, 7) is 1.93. The highest BCUT2D eigenvalue weighted by Gasteiger charge is 2.26. The minimum atomic E-state index is -1.48. The van der Waals surface area contributed by atoms with Gasteiger partial charge in [0.25, 0.3) is 11.8 Å². The Labute approximate surface area is 179 Å². The minimum absolute atomic E-state index is 0.0315. The molecule has 0 saturated carbocycles. The van der Waals surface area contributed by atoms with E-state index < -0.39 is 6.29 Å². The van der Waals surface area contributed by atoms with Crippen LogP contribution in [0.15, 0.2) is 54.6 Å². The lowest BCUT2D eigenvalue weighted by atomic mass is 9.97. The van der Waals surface area contributed by atoms with E-state index in [4.69, 9.17) is 10.2 Å². The Morgan fingerprint density at radius 2 is 1.81 bits per heavy atom. The molecule has 0 bridgehead atoms. The highest BCUT2D eigenvalue weighted by atomic mass is 16.5. The van der Waals surface area contributed by atoms with Gasteiger partial charge in [-0.15, -0.1) is 0 Å². The van der Waals surface area contributed by atoms with Gasteiger partial charge in [0.05, 0.1) is 11.1 Å². The molecular weight excluding hydrogens is 394 g/mol. The lowest BCUT2D eigenvalue weighted by Crippen LogP contribution is -2.27. The van der Waals surface area contributed by atoms with Crippen LogP contribution in [0.2, 0.25) is 0 Å². The summed E-state index contributed by atoms with van der Waals surface area (Å²) in [5.41, 5.74) is 5.35. The van der Waals surface area contributed by atoms with Crippen molar-refractivity contribution in [3.63, 3.8) is 0 Å². The molecule has 1 aromatic heterocycles. The molecule has 0 atom stereocenters. The summed E-state index contributed by atoms with van der Waals surface area (Å²) >= 11 is 0. The third-order valence-corrected chi connectivity index (χ3v) is 5.19. The Kier molecular flexibility index (Phi) is 5.70. The van der Waals surface area contributed by atoms with Crippen molar-refractivity contribution in [2.24, 2.45) is 0 Å². The number of benzene rings is 2. The van der Waals surface area contributed by atoms with Crippen molar-refractivity contribution in [3.8, 4) is 11.1 Å². The summed E-state index contributed by atoms with van der Waals surface area (Å²) in [7, 11) is 0. The van der Waals surface area contributed by atoms with Crippen LogP contribution < -0.4 is 10.6 Å². The zero-order valence-electron chi connectivity index (χ0n) is 17.0.